The number of rotatable bonds is 7. The molecule has 0 saturated carbocycles. The number of piperazine rings is 1. The van der Waals surface area contributed by atoms with Gasteiger partial charge < -0.3 is 10.2 Å². The fourth-order valence-electron chi connectivity index (χ4n) is 4.22. The number of sulfonamides is 1. The summed E-state index contributed by atoms with van der Waals surface area (Å²) in [6.45, 7) is 5.16. The normalized spacial score (nSPS) is 16.6. The summed E-state index contributed by atoms with van der Waals surface area (Å²) in [5, 5.41) is 2.78. The minimum Gasteiger partial charge on any atom is -0.340 e. The van der Waals surface area contributed by atoms with Crippen LogP contribution in [0.15, 0.2) is 58.4 Å². The molecule has 2 aliphatic heterocycles. The zero-order chi connectivity index (χ0) is 24.8. The summed E-state index contributed by atoms with van der Waals surface area (Å²) < 4.78 is 27.8. The first-order valence-corrected chi connectivity index (χ1v) is 13.3. The molecular formula is C25H31N5O4S. The maximum absolute atomic E-state index is 12.7. The van der Waals surface area contributed by atoms with Crippen LogP contribution in [-0.2, 0) is 26.0 Å². The second-order valence-corrected chi connectivity index (χ2v) is 10.6. The minimum atomic E-state index is -3.75. The average Bonchev–Trinajstić information content (AvgIpc) is 3.33. The molecule has 186 valence electrons. The van der Waals surface area contributed by atoms with Gasteiger partial charge in [-0.2, -0.15) is 0 Å². The van der Waals surface area contributed by atoms with E-state index >= 15 is 0 Å². The molecule has 0 atom stereocenters. The van der Waals surface area contributed by atoms with Gasteiger partial charge in [0.15, 0.2) is 0 Å². The molecule has 0 radical (unpaired) electrons. The number of amides is 2. The van der Waals surface area contributed by atoms with Gasteiger partial charge in [-0.25, -0.2) is 8.42 Å². The molecule has 0 bridgehead atoms. The highest BCUT2D eigenvalue weighted by molar-refractivity contribution is 7.90. The minimum absolute atomic E-state index is 0.0747. The van der Waals surface area contributed by atoms with Crippen LogP contribution in [0.25, 0.3) is 0 Å². The summed E-state index contributed by atoms with van der Waals surface area (Å²) in [6, 6.07) is 14.1. The molecule has 0 unspecified atom stereocenters. The van der Waals surface area contributed by atoms with Crippen molar-refractivity contribution in [1.29, 1.82) is 0 Å². The highest BCUT2D eigenvalue weighted by atomic mass is 32.2. The Morgan fingerprint density at radius 1 is 1.03 bits per heavy atom. The average molecular weight is 498 g/mol. The lowest BCUT2D eigenvalue weighted by atomic mass is 10.1. The van der Waals surface area contributed by atoms with E-state index in [1.165, 1.54) is 12.1 Å². The van der Waals surface area contributed by atoms with Crippen molar-refractivity contribution in [2.45, 2.75) is 31.1 Å². The van der Waals surface area contributed by atoms with Crippen LogP contribution in [0.2, 0.25) is 0 Å². The zero-order valence-corrected chi connectivity index (χ0v) is 20.7. The molecule has 4 rings (SSSR count). The number of amidine groups is 1. The number of hydrogen-bond donors (Lipinski definition) is 2. The van der Waals surface area contributed by atoms with Crippen LogP contribution < -0.4 is 10.0 Å². The number of hydrogen-bond acceptors (Lipinski definition) is 6. The molecule has 2 N–H and O–H groups in total. The number of anilines is 1. The first kappa shape index (κ1) is 24.9. The number of nitrogens with zero attached hydrogens (tertiary/aromatic N) is 3. The lowest BCUT2D eigenvalue weighted by Gasteiger charge is -2.34. The van der Waals surface area contributed by atoms with Crippen LogP contribution in [0.3, 0.4) is 0 Å². The third-order valence-corrected chi connectivity index (χ3v) is 7.63. The summed E-state index contributed by atoms with van der Waals surface area (Å²) in [5.74, 6) is 0.335. The van der Waals surface area contributed by atoms with E-state index in [4.69, 9.17) is 0 Å². The van der Waals surface area contributed by atoms with Crippen molar-refractivity contribution in [2.24, 2.45) is 4.99 Å². The molecule has 2 aromatic rings. The van der Waals surface area contributed by atoms with Crippen LogP contribution in [0.1, 0.15) is 24.0 Å². The van der Waals surface area contributed by atoms with Gasteiger partial charge in [-0.1, -0.05) is 30.3 Å². The molecule has 2 aliphatic rings. The highest BCUT2D eigenvalue weighted by Crippen LogP contribution is 2.17. The van der Waals surface area contributed by atoms with Gasteiger partial charge in [0.2, 0.25) is 11.8 Å². The van der Waals surface area contributed by atoms with Gasteiger partial charge >= 0.3 is 0 Å². The van der Waals surface area contributed by atoms with Gasteiger partial charge in [-0.15, -0.1) is 0 Å². The number of aliphatic imine (C=N–C) groups is 1. The van der Waals surface area contributed by atoms with Crippen molar-refractivity contribution in [3.63, 3.8) is 0 Å². The Kier molecular flexibility index (Phi) is 7.82. The lowest BCUT2D eigenvalue weighted by molar-refractivity contribution is -0.132. The summed E-state index contributed by atoms with van der Waals surface area (Å²) in [7, 11) is -3.75. The van der Waals surface area contributed by atoms with Crippen LogP contribution in [-0.4, -0.2) is 75.1 Å². The molecule has 0 aliphatic carbocycles. The fourth-order valence-corrected chi connectivity index (χ4v) is 5.35. The van der Waals surface area contributed by atoms with Gasteiger partial charge in [0.1, 0.15) is 5.84 Å². The predicted molar refractivity (Wildman–Crippen MR) is 135 cm³/mol. The van der Waals surface area contributed by atoms with E-state index in [-0.39, 0.29) is 23.3 Å². The maximum Gasteiger partial charge on any atom is 0.262 e. The van der Waals surface area contributed by atoms with Crippen molar-refractivity contribution in [3.8, 4) is 0 Å². The fraction of sp³-hybridized carbons (Fsp3) is 0.400. The third-order valence-electron chi connectivity index (χ3n) is 6.25. The summed E-state index contributed by atoms with van der Waals surface area (Å²) >= 11 is 0. The van der Waals surface area contributed by atoms with Crippen LogP contribution >= 0.6 is 0 Å². The smallest absolute Gasteiger partial charge is 0.262 e. The summed E-state index contributed by atoms with van der Waals surface area (Å²) in [4.78, 5) is 33.3. The van der Waals surface area contributed by atoms with Gasteiger partial charge in [0.25, 0.3) is 10.0 Å². The van der Waals surface area contributed by atoms with Crippen LogP contribution in [0.5, 0.6) is 0 Å². The van der Waals surface area contributed by atoms with Crippen molar-refractivity contribution in [1.82, 2.24) is 14.5 Å². The molecular weight excluding hydrogens is 466 g/mol. The Labute approximate surface area is 206 Å². The number of carbonyl (C=O) groups excluding carboxylic acids is 2. The Morgan fingerprint density at radius 2 is 1.80 bits per heavy atom. The largest absolute Gasteiger partial charge is 0.340 e. The summed E-state index contributed by atoms with van der Waals surface area (Å²) in [5.41, 5.74) is 2.56. The number of nitrogens with one attached hydrogen (secondary N) is 2. The van der Waals surface area contributed by atoms with E-state index in [2.05, 4.69) is 15.0 Å². The second kappa shape index (κ2) is 11.0. The van der Waals surface area contributed by atoms with E-state index in [0.29, 0.717) is 57.1 Å². The van der Waals surface area contributed by atoms with Gasteiger partial charge in [0, 0.05) is 44.8 Å². The van der Waals surface area contributed by atoms with E-state index in [9.17, 15) is 18.0 Å². The Bertz CT molecular complexity index is 1220. The molecule has 2 heterocycles. The zero-order valence-electron chi connectivity index (χ0n) is 19.9. The Balaban J connectivity index is 1.26. The lowest BCUT2D eigenvalue weighted by Crippen LogP contribution is -2.50. The molecule has 2 aromatic carbocycles. The van der Waals surface area contributed by atoms with E-state index in [1.807, 2.05) is 41.0 Å². The van der Waals surface area contributed by atoms with E-state index in [0.717, 1.165) is 17.5 Å². The van der Waals surface area contributed by atoms with Gasteiger partial charge in [-0.3, -0.25) is 24.2 Å². The number of aryl methyl sites for hydroxylation is 1. The Hall–Kier alpha value is -3.24. The quantitative estimate of drug-likeness (QED) is 0.606. The van der Waals surface area contributed by atoms with E-state index in [1.54, 1.807) is 12.1 Å². The Morgan fingerprint density at radius 3 is 2.51 bits per heavy atom. The SMILES string of the molecule is Cc1ccccc1CC(=O)N1CCN(CC(=O)Nc2cccc(S(=O)(=O)NC3=NCCC3)c2)CC1. The van der Waals surface area contributed by atoms with Crippen LogP contribution in [0, 0.1) is 6.92 Å². The topological polar surface area (TPSA) is 111 Å². The second-order valence-electron chi connectivity index (χ2n) is 8.87. The van der Waals surface area contributed by atoms with Crippen molar-refractivity contribution in [3.05, 3.63) is 59.7 Å². The standard InChI is InChI=1S/C25H31N5O4S/c1-19-6-2-3-7-20(19)16-25(32)30-14-12-29(13-15-30)18-24(31)27-21-8-4-9-22(17-21)35(33,34)28-23-10-5-11-26-23/h2-4,6-9,17H,5,10-16,18H2,1H3,(H,26,28)(H,27,31). The molecule has 1 fully saturated rings. The monoisotopic (exact) mass is 497 g/mol. The first-order chi connectivity index (χ1) is 16.8. The molecule has 10 heteroatoms. The van der Waals surface area contributed by atoms with Crippen molar-refractivity contribution in [2.75, 3.05) is 44.6 Å². The van der Waals surface area contributed by atoms with E-state index < -0.39 is 10.0 Å². The first-order valence-electron chi connectivity index (χ1n) is 11.8. The predicted octanol–water partition coefficient (Wildman–Crippen LogP) is 1.79. The molecule has 9 nitrogen and oxygen atoms in total. The number of carbonyl (C=O) groups is 2. The molecule has 2 amide bonds. The third kappa shape index (κ3) is 6.67. The molecule has 35 heavy (non-hydrogen) atoms. The number of benzene rings is 2. The summed E-state index contributed by atoms with van der Waals surface area (Å²) in [6.07, 6.45) is 1.83. The van der Waals surface area contributed by atoms with Crippen molar-refractivity contribution < 1.29 is 18.0 Å². The molecule has 0 aromatic heterocycles. The molecule has 0 spiro atoms. The van der Waals surface area contributed by atoms with Crippen molar-refractivity contribution >= 4 is 33.4 Å². The van der Waals surface area contributed by atoms with Crippen LogP contribution in [0.4, 0.5) is 5.69 Å². The maximum atomic E-state index is 12.7. The molecule has 1 saturated heterocycles. The van der Waals surface area contributed by atoms with Gasteiger partial charge in [0.05, 0.1) is 17.9 Å². The van der Waals surface area contributed by atoms with Gasteiger partial charge in [-0.05, 0) is 42.7 Å². The highest BCUT2D eigenvalue weighted by Gasteiger charge is 2.23.